The molecule has 1 saturated heterocycles. The molecule has 3 amide bonds. The molecular weight excluding hydrogens is 338 g/mol. The number of piperidine rings is 1. The monoisotopic (exact) mass is 369 g/mol. The van der Waals surface area contributed by atoms with Crippen molar-refractivity contribution in [1.29, 1.82) is 0 Å². The number of amides is 3. The van der Waals surface area contributed by atoms with Gasteiger partial charge in [-0.1, -0.05) is 42.0 Å². The minimum Gasteiger partial charge on any atom is -0.356 e. The second-order valence-electron chi connectivity index (χ2n) is 7.54. The van der Waals surface area contributed by atoms with Gasteiger partial charge in [-0.25, -0.2) is 4.79 Å². The van der Waals surface area contributed by atoms with Crippen LogP contribution < -0.4 is 10.6 Å². The lowest BCUT2D eigenvalue weighted by atomic mass is 9.82. The van der Waals surface area contributed by atoms with Crippen LogP contribution in [-0.4, -0.2) is 43.0 Å². The molecule has 1 atom stereocenters. The summed E-state index contributed by atoms with van der Waals surface area (Å²) in [7, 11) is 0. The van der Waals surface area contributed by atoms with Crippen molar-refractivity contribution in [2.75, 3.05) is 26.2 Å². The molecule has 1 unspecified atom stereocenters. The van der Waals surface area contributed by atoms with Crippen molar-refractivity contribution in [1.82, 2.24) is 15.5 Å². The Morgan fingerprint density at radius 1 is 1.07 bits per heavy atom. The van der Waals surface area contributed by atoms with Gasteiger partial charge in [0, 0.05) is 32.6 Å². The first-order valence-electron chi connectivity index (χ1n) is 10.2. The Hall–Kier alpha value is -2.30. The zero-order valence-corrected chi connectivity index (χ0v) is 16.1. The molecule has 2 N–H and O–H groups in total. The van der Waals surface area contributed by atoms with Gasteiger partial charge in [-0.2, -0.15) is 0 Å². The van der Waals surface area contributed by atoms with E-state index in [4.69, 9.17) is 0 Å². The lowest BCUT2D eigenvalue weighted by Gasteiger charge is -2.36. The van der Waals surface area contributed by atoms with Crippen LogP contribution in [0.2, 0.25) is 0 Å². The van der Waals surface area contributed by atoms with Gasteiger partial charge in [0.15, 0.2) is 0 Å². The van der Waals surface area contributed by atoms with Crippen LogP contribution in [0.25, 0.3) is 0 Å². The molecule has 5 heteroatoms. The molecule has 27 heavy (non-hydrogen) atoms. The van der Waals surface area contributed by atoms with Gasteiger partial charge in [0.1, 0.15) is 0 Å². The zero-order chi connectivity index (χ0) is 18.9. The van der Waals surface area contributed by atoms with Crippen LogP contribution in [0.5, 0.6) is 0 Å². The van der Waals surface area contributed by atoms with Gasteiger partial charge in [0.05, 0.1) is 0 Å². The highest BCUT2D eigenvalue weighted by Crippen LogP contribution is 2.31. The van der Waals surface area contributed by atoms with E-state index in [0.29, 0.717) is 25.4 Å². The Kier molecular flexibility index (Phi) is 7.31. The van der Waals surface area contributed by atoms with E-state index < -0.39 is 0 Å². The molecule has 1 aromatic carbocycles. The van der Waals surface area contributed by atoms with E-state index in [2.05, 4.69) is 28.8 Å². The Bertz CT molecular complexity index is 657. The second kappa shape index (κ2) is 10.1. The first kappa shape index (κ1) is 19.5. The molecule has 5 nitrogen and oxygen atoms in total. The largest absolute Gasteiger partial charge is 0.356 e. The number of aryl methyl sites for hydroxylation is 1. The molecule has 0 bridgehead atoms. The molecule has 1 aliphatic heterocycles. The van der Waals surface area contributed by atoms with Crippen LogP contribution in [0.4, 0.5) is 4.79 Å². The molecule has 146 valence electrons. The summed E-state index contributed by atoms with van der Waals surface area (Å²) >= 11 is 0. The van der Waals surface area contributed by atoms with Crippen molar-refractivity contribution in [3.63, 3.8) is 0 Å². The van der Waals surface area contributed by atoms with E-state index in [-0.39, 0.29) is 11.9 Å². The van der Waals surface area contributed by atoms with E-state index in [0.717, 1.165) is 38.8 Å². The maximum atomic E-state index is 12.3. The molecule has 0 spiro atoms. The van der Waals surface area contributed by atoms with Crippen molar-refractivity contribution in [3.8, 4) is 0 Å². The minimum atomic E-state index is -0.0446. The molecule has 2 aliphatic rings. The minimum absolute atomic E-state index is 0.00272. The highest BCUT2D eigenvalue weighted by atomic mass is 16.2. The normalized spacial score (nSPS) is 19.0. The zero-order valence-electron chi connectivity index (χ0n) is 16.1. The van der Waals surface area contributed by atoms with Crippen molar-refractivity contribution < 1.29 is 9.59 Å². The lowest BCUT2D eigenvalue weighted by Crippen LogP contribution is -2.46. The molecule has 1 aromatic rings. The average molecular weight is 370 g/mol. The number of hydrogen-bond donors (Lipinski definition) is 2. The number of nitrogens with zero attached hydrogens (tertiary/aromatic N) is 1. The topological polar surface area (TPSA) is 61.4 Å². The molecule has 1 aliphatic carbocycles. The number of likely N-dealkylation sites (tertiary alicyclic amines) is 1. The summed E-state index contributed by atoms with van der Waals surface area (Å²) in [5.74, 6) is 0.682. The Labute approximate surface area is 162 Å². The third-order valence-corrected chi connectivity index (χ3v) is 5.53. The third-order valence-electron chi connectivity index (χ3n) is 5.53. The highest BCUT2D eigenvalue weighted by molar-refractivity contribution is 5.78. The van der Waals surface area contributed by atoms with E-state index in [1.807, 2.05) is 23.1 Å². The highest BCUT2D eigenvalue weighted by Gasteiger charge is 2.27. The van der Waals surface area contributed by atoms with Gasteiger partial charge in [0.25, 0.3) is 0 Å². The van der Waals surface area contributed by atoms with Gasteiger partial charge < -0.3 is 15.5 Å². The quantitative estimate of drug-likeness (QED) is 0.572. The van der Waals surface area contributed by atoms with Crippen LogP contribution in [-0.2, 0) is 11.2 Å². The Balaban J connectivity index is 1.27. The van der Waals surface area contributed by atoms with Crippen LogP contribution >= 0.6 is 0 Å². The molecule has 0 radical (unpaired) electrons. The number of rotatable bonds is 7. The van der Waals surface area contributed by atoms with Crippen molar-refractivity contribution >= 4 is 11.9 Å². The number of hydrogen-bond acceptors (Lipinski definition) is 2. The van der Waals surface area contributed by atoms with E-state index in [1.165, 1.54) is 24.0 Å². The fourth-order valence-corrected chi connectivity index (χ4v) is 3.96. The predicted octanol–water partition coefficient (Wildman–Crippen LogP) is 3.27. The maximum Gasteiger partial charge on any atom is 0.317 e. The second-order valence-corrected chi connectivity index (χ2v) is 7.54. The SMILES string of the molecule is O=C(CCNC(=O)N1CCC2CCCC=C2C1)NCCCc1ccccc1. The van der Waals surface area contributed by atoms with Crippen LogP contribution in [0, 0.1) is 5.92 Å². The number of allylic oxidation sites excluding steroid dienone is 1. The summed E-state index contributed by atoms with van der Waals surface area (Å²) in [6.45, 7) is 2.63. The third kappa shape index (κ3) is 6.12. The number of carbonyl (C=O) groups is 2. The van der Waals surface area contributed by atoms with Crippen molar-refractivity contribution in [2.45, 2.75) is 44.9 Å². The number of benzene rings is 1. The lowest BCUT2D eigenvalue weighted by molar-refractivity contribution is -0.120. The number of carbonyl (C=O) groups excluding carboxylic acids is 2. The van der Waals surface area contributed by atoms with Crippen molar-refractivity contribution in [2.24, 2.45) is 5.92 Å². The fraction of sp³-hybridized carbons (Fsp3) is 0.545. The summed E-state index contributed by atoms with van der Waals surface area (Å²) in [6.07, 6.45) is 9.29. The Morgan fingerprint density at radius 3 is 2.78 bits per heavy atom. The summed E-state index contributed by atoms with van der Waals surface area (Å²) in [5.41, 5.74) is 2.72. The molecule has 1 fully saturated rings. The van der Waals surface area contributed by atoms with Crippen LogP contribution in [0.1, 0.15) is 44.1 Å². The first-order valence-corrected chi connectivity index (χ1v) is 10.2. The average Bonchev–Trinajstić information content (AvgIpc) is 2.71. The molecular formula is C22H31N3O2. The number of urea groups is 1. The van der Waals surface area contributed by atoms with Gasteiger partial charge in [-0.15, -0.1) is 0 Å². The van der Waals surface area contributed by atoms with E-state index in [1.54, 1.807) is 0 Å². The molecule has 0 aromatic heterocycles. The summed E-state index contributed by atoms with van der Waals surface area (Å²) in [4.78, 5) is 26.1. The number of nitrogens with one attached hydrogen (secondary N) is 2. The van der Waals surface area contributed by atoms with Crippen molar-refractivity contribution in [3.05, 3.63) is 47.5 Å². The molecule has 3 rings (SSSR count). The summed E-state index contributed by atoms with van der Waals surface area (Å²) in [6, 6.07) is 10.2. The van der Waals surface area contributed by atoms with Crippen LogP contribution in [0.3, 0.4) is 0 Å². The molecule has 0 saturated carbocycles. The van der Waals surface area contributed by atoms with E-state index >= 15 is 0 Å². The standard InChI is InChI=1S/C22H31N3O2/c26-21(23-14-6-9-18-7-2-1-3-8-18)12-15-24-22(27)25-16-13-19-10-4-5-11-20(19)17-25/h1-3,7-8,11,19H,4-6,9-10,12-17H2,(H,23,26)(H,24,27). The van der Waals surface area contributed by atoms with Crippen LogP contribution in [0.15, 0.2) is 42.0 Å². The molecule has 1 heterocycles. The summed E-state index contributed by atoms with van der Waals surface area (Å²) in [5, 5.41) is 5.82. The maximum absolute atomic E-state index is 12.3. The van der Waals surface area contributed by atoms with E-state index in [9.17, 15) is 9.59 Å². The first-order chi connectivity index (χ1) is 13.2. The van der Waals surface area contributed by atoms with Gasteiger partial charge in [-0.3, -0.25) is 4.79 Å². The van der Waals surface area contributed by atoms with Gasteiger partial charge in [-0.05, 0) is 50.0 Å². The smallest absolute Gasteiger partial charge is 0.317 e. The summed E-state index contributed by atoms with van der Waals surface area (Å²) < 4.78 is 0. The predicted molar refractivity (Wildman–Crippen MR) is 107 cm³/mol. The number of fused-ring (bicyclic) bond motifs is 1. The van der Waals surface area contributed by atoms with Gasteiger partial charge in [0.2, 0.25) is 5.91 Å². The fourth-order valence-electron chi connectivity index (χ4n) is 3.96. The Morgan fingerprint density at radius 2 is 1.93 bits per heavy atom. The van der Waals surface area contributed by atoms with Gasteiger partial charge >= 0.3 is 6.03 Å².